The Morgan fingerprint density at radius 2 is 1.71 bits per heavy atom. The molecule has 2 aromatic carbocycles. The van der Waals surface area contributed by atoms with E-state index in [0.29, 0.717) is 0 Å². The Balaban J connectivity index is 1.49. The van der Waals surface area contributed by atoms with E-state index in [1.54, 1.807) is 7.11 Å². The van der Waals surface area contributed by atoms with Crippen LogP contribution in [0.25, 0.3) is 16.7 Å². The van der Waals surface area contributed by atoms with Gasteiger partial charge in [0.15, 0.2) is 0 Å². The van der Waals surface area contributed by atoms with Crippen molar-refractivity contribution < 1.29 is 4.74 Å². The van der Waals surface area contributed by atoms with Gasteiger partial charge in [-0.1, -0.05) is 48.5 Å². The maximum absolute atomic E-state index is 5.26. The highest BCUT2D eigenvalue weighted by molar-refractivity contribution is 5.66. The maximum atomic E-state index is 5.26. The molecule has 0 amide bonds. The van der Waals surface area contributed by atoms with E-state index in [2.05, 4.69) is 77.5 Å². The van der Waals surface area contributed by atoms with E-state index in [0.717, 1.165) is 31.0 Å². The number of aromatic nitrogens is 1. The number of ether oxygens (including phenoxy) is 1. The fourth-order valence-electron chi connectivity index (χ4n) is 3.78. The second-order valence-corrected chi connectivity index (χ2v) is 7.21. The van der Waals surface area contributed by atoms with Gasteiger partial charge < -0.3 is 4.74 Å². The topological polar surface area (TPSA) is 25.4 Å². The zero-order chi connectivity index (χ0) is 19.3. The molecule has 3 aromatic rings. The number of rotatable bonds is 5. The Labute approximate surface area is 167 Å². The minimum Gasteiger partial charge on any atom is -0.497 e. The number of nitrogens with zero attached hydrogens (tertiary/aromatic N) is 2. The van der Waals surface area contributed by atoms with Crippen molar-refractivity contribution in [2.45, 2.75) is 19.4 Å². The normalized spacial score (nSPS) is 15.7. The molecule has 0 aliphatic carbocycles. The maximum Gasteiger partial charge on any atom is 0.118 e. The standard InChI is InChI=1S/C25H26N2O/c1-19(27-16-13-22(14-17-27)20-6-4-3-5-7-20)25-18-23(12-15-26-25)21-8-10-24(28-2)11-9-21/h3-13,15,18-19H,14,16-17H2,1-2H3. The van der Waals surface area contributed by atoms with E-state index < -0.39 is 0 Å². The Morgan fingerprint density at radius 3 is 2.39 bits per heavy atom. The van der Waals surface area contributed by atoms with Gasteiger partial charge in [-0.15, -0.1) is 0 Å². The molecular formula is C25H26N2O. The summed E-state index contributed by atoms with van der Waals surface area (Å²) in [6.45, 7) is 4.26. The van der Waals surface area contributed by atoms with Gasteiger partial charge in [0.05, 0.1) is 12.8 Å². The van der Waals surface area contributed by atoms with Crippen molar-refractivity contribution in [3.05, 3.63) is 90.3 Å². The van der Waals surface area contributed by atoms with Crippen molar-refractivity contribution in [3.8, 4) is 16.9 Å². The second-order valence-electron chi connectivity index (χ2n) is 7.21. The molecular weight excluding hydrogens is 344 g/mol. The summed E-state index contributed by atoms with van der Waals surface area (Å²) in [5, 5.41) is 0. The van der Waals surface area contributed by atoms with Gasteiger partial charge in [0.1, 0.15) is 5.75 Å². The summed E-state index contributed by atoms with van der Waals surface area (Å²) in [4.78, 5) is 7.16. The molecule has 0 N–H and O–H groups in total. The van der Waals surface area contributed by atoms with Gasteiger partial charge in [0, 0.05) is 25.3 Å². The molecule has 0 bridgehead atoms. The van der Waals surface area contributed by atoms with E-state index in [9.17, 15) is 0 Å². The van der Waals surface area contributed by atoms with Crippen LogP contribution in [-0.4, -0.2) is 30.1 Å². The van der Waals surface area contributed by atoms with Crippen molar-refractivity contribution in [1.82, 2.24) is 9.88 Å². The van der Waals surface area contributed by atoms with Gasteiger partial charge in [-0.05, 0) is 59.9 Å². The van der Waals surface area contributed by atoms with Crippen LogP contribution in [0.2, 0.25) is 0 Å². The van der Waals surface area contributed by atoms with Gasteiger partial charge in [-0.3, -0.25) is 9.88 Å². The predicted molar refractivity (Wildman–Crippen MR) is 115 cm³/mol. The van der Waals surface area contributed by atoms with Crippen molar-refractivity contribution in [3.63, 3.8) is 0 Å². The molecule has 4 rings (SSSR count). The summed E-state index contributed by atoms with van der Waals surface area (Å²) in [5.41, 5.74) is 6.28. The van der Waals surface area contributed by atoms with Crippen molar-refractivity contribution in [1.29, 1.82) is 0 Å². The molecule has 3 nitrogen and oxygen atoms in total. The van der Waals surface area contributed by atoms with E-state index in [1.807, 2.05) is 18.3 Å². The van der Waals surface area contributed by atoms with Gasteiger partial charge in [-0.25, -0.2) is 0 Å². The molecule has 1 aliphatic rings. The van der Waals surface area contributed by atoms with Crippen LogP contribution in [0.1, 0.15) is 30.6 Å². The average Bonchev–Trinajstić information content (AvgIpc) is 2.79. The Kier molecular flexibility index (Phi) is 5.54. The van der Waals surface area contributed by atoms with Crippen LogP contribution in [-0.2, 0) is 0 Å². The van der Waals surface area contributed by atoms with Gasteiger partial charge >= 0.3 is 0 Å². The van der Waals surface area contributed by atoms with E-state index in [4.69, 9.17) is 4.74 Å². The van der Waals surface area contributed by atoms with Gasteiger partial charge in [-0.2, -0.15) is 0 Å². The zero-order valence-corrected chi connectivity index (χ0v) is 16.5. The quantitative estimate of drug-likeness (QED) is 0.584. The molecule has 1 aliphatic heterocycles. The summed E-state index contributed by atoms with van der Waals surface area (Å²) < 4.78 is 5.26. The Hall–Kier alpha value is -2.91. The summed E-state index contributed by atoms with van der Waals surface area (Å²) >= 11 is 0. The van der Waals surface area contributed by atoms with Crippen LogP contribution in [0, 0.1) is 0 Å². The molecule has 2 heterocycles. The minimum atomic E-state index is 0.284. The fraction of sp³-hybridized carbons (Fsp3) is 0.240. The average molecular weight is 370 g/mol. The molecule has 1 aromatic heterocycles. The van der Waals surface area contributed by atoms with E-state index >= 15 is 0 Å². The van der Waals surface area contributed by atoms with Crippen molar-refractivity contribution >= 4 is 5.57 Å². The largest absolute Gasteiger partial charge is 0.497 e. The lowest BCUT2D eigenvalue weighted by atomic mass is 9.98. The third-order valence-corrected chi connectivity index (χ3v) is 5.57. The van der Waals surface area contributed by atoms with Crippen LogP contribution in [0.3, 0.4) is 0 Å². The summed E-state index contributed by atoms with van der Waals surface area (Å²) in [6, 6.07) is 23.4. The summed E-state index contributed by atoms with van der Waals surface area (Å²) in [6.07, 6.45) is 5.36. The lowest BCUT2D eigenvalue weighted by Gasteiger charge is -2.31. The lowest BCUT2D eigenvalue weighted by molar-refractivity contribution is 0.229. The molecule has 0 saturated carbocycles. The molecule has 28 heavy (non-hydrogen) atoms. The molecule has 0 radical (unpaired) electrons. The number of pyridine rings is 1. The van der Waals surface area contributed by atoms with Crippen LogP contribution < -0.4 is 4.74 Å². The molecule has 142 valence electrons. The first-order chi connectivity index (χ1) is 13.7. The number of methoxy groups -OCH3 is 1. The first kappa shape index (κ1) is 18.5. The van der Waals surface area contributed by atoms with Crippen LogP contribution in [0.4, 0.5) is 0 Å². The number of hydrogen-bond acceptors (Lipinski definition) is 3. The second kappa shape index (κ2) is 8.41. The highest BCUT2D eigenvalue weighted by Crippen LogP contribution is 2.29. The third kappa shape index (κ3) is 4.00. The third-order valence-electron chi connectivity index (χ3n) is 5.57. The first-order valence-electron chi connectivity index (χ1n) is 9.83. The number of hydrogen-bond donors (Lipinski definition) is 0. The molecule has 1 atom stereocenters. The molecule has 3 heteroatoms. The monoisotopic (exact) mass is 370 g/mol. The molecule has 1 unspecified atom stereocenters. The van der Waals surface area contributed by atoms with Crippen LogP contribution >= 0.6 is 0 Å². The van der Waals surface area contributed by atoms with E-state index in [1.165, 1.54) is 22.3 Å². The minimum absolute atomic E-state index is 0.284. The Morgan fingerprint density at radius 1 is 0.929 bits per heavy atom. The molecule has 0 spiro atoms. The fourth-order valence-corrected chi connectivity index (χ4v) is 3.78. The Bertz CT molecular complexity index is 948. The highest BCUT2D eigenvalue weighted by atomic mass is 16.5. The highest BCUT2D eigenvalue weighted by Gasteiger charge is 2.20. The molecule has 0 saturated heterocycles. The SMILES string of the molecule is COc1ccc(-c2ccnc(C(C)N3CC=C(c4ccccc4)CC3)c2)cc1. The van der Waals surface area contributed by atoms with Crippen molar-refractivity contribution in [2.24, 2.45) is 0 Å². The van der Waals surface area contributed by atoms with Gasteiger partial charge in [0.25, 0.3) is 0 Å². The van der Waals surface area contributed by atoms with Crippen molar-refractivity contribution in [2.75, 3.05) is 20.2 Å². The number of benzene rings is 2. The predicted octanol–water partition coefficient (Wildman–Crippen LogP) is 5.61. The lowest BCUT2D eigenvalue weighted by Crippen LogP contribution is -2.31. The molecule has 0 fully saturated rings. The smallest absolute Gasteiger partial charge is 0.118 e. The summed E-state index contributed by atoms with van der Waals surface area (Å²) in [5.74, 6) is 0.876. The zero-order valence-electron chi connectivity index (χ0n) is 16.5. The first-order valence-corrected chi connectivity index (χ1v) is 9.83. The van der Waals surface area contributed by atoms with Crippen LogP contribution in [0.5, 0.6) is 5.75 Å². The van der Waals surface area contributed by atoms with Crippen LogP contribution in [0.15, 0.2) is 79.0 Å². The van der Waals surface area contributed by atoms with E-state index in [-0.39, 0.29) is 6.04 Å². The summed E-state index contributed by atoms with van der Waals surface area (Å²) in [7, 11) is 1.69. The van der Waals surface area contributed by atoms with Gasteiger partial charge in [0.2, 0.25) is 0 Å².